The summed E-state index contributed by atoms with van der Waals surface area (Å²) in [4.78, 5) is 32.4. The number of ether oxygens (including phenoxy) is 1. The standard InChI is InChI=1S/C23H22FN3O5S/c1-15(28)32-14-19-12-26-22(13-25-19)27-23(29)21(11-16-4-3-5-18(24)10-16)17-6-8-20(9-7-17)33(2,30)31/h3-10,12-13,21H,11,14H2,1-2H3,(H,26,27,29). The molecule has 1 heterocycles. The van der Waals surface area contributed by atoms with E-state index in [1.54, 1.807) is 24.3 Å². The molecule has 10 heteroatoms. The number of benzene rings is 2. The first-order valence-corrected chi connectivity index (χ1v) is 11.8. The van der Waals surface area contributed by atoms with Crippen molar-refractivity contribution < 1.29 is 27.1 Å². The molecule has 1 atom stereocenters. The summed E-state index contributed by atoms with van der Waals surface area (Å²) in [5.74, 6) is -1.86. The number of carbonyl (C=O) groups excluding carboxylic acids is 2. The van der Waals surface area contributed by atoms with Crippen molar-refractivity contribution in [1.29, 1.82) is 0 Å². The van der Waals surface area contributed by atoms with E-state index in [0.717, 1.165) is 6.26 Å². The Morgan fingerprint density at radius 1 is 1.09 bits per heavy atom. The van der Waals surface area contributed by atoms with Crippen LogP contribution in [0.5, 0.6) is 0 Å². The van der Waals surface area contributed by atoms with Crippen molar-refractivity contribution in [3.8, 4) is 0 Å². The molecule has 3 aromatic rings. The molecule has 0 bridgehead atoms. The number of carbonyl (C=O) groups is 2. The summed E-state index contributed by atoms with van der Waals surface area (Å²) in [6.07, 6.45) is 3.99. The van der Waals surface area contributed by atoms with Crippen molar-refractivity contribution in [3.63, 3.8) is 0 Å². The number of halogens is 1. The number of rotatable bonds is 8. The third-order valence-electron chi connectivity index (χ3n) is 4.74. The van der Waals surface area contributed by atoms with E-state index in [-0.39, 0.29) is 23.7 Å². The minimum absolute atomic E-state index is 0.0363. The van der Waals surface area contributed by atoms with Crippen molar-refractivity contribution in [2.45, 2.75) is 30.8 Å². The lowest BCUT2D eigenvalue weighted by Crippen LogP contribution is -2.24. The lowest BCUT2D eigenvalue weighted by molar-refractivity contribution is -0.142. The third kappa shape index (κ3) is 6.91. The van der Waals surface area contributed by atoms with Gasteiger partial charge in [0.25, 0.3) is 0 Å². The topological polar surface area (TPSA) is 115 Å². The molecule has 0 radical (unpaired) electrons. The first kappa shape index (κ1) is 24.0. The monoisotopic (exact) mass is 471 g/mol. The molecule has 0 saturated carbocycles. The lowest BCUT2D eigenvalue weighted by atomic mass is 9.91. The minimum atomic E-state index is -3.39. The SMILES string of the molecule is CC(=O)OCc1cnc(NC(=O)C(Cc2cccc(F)c2)c2ccc(S(C)(=O)=O)cc2)cn1. The number of aromatic nitrogens is 2. The van der Waals surface area contributed by atoms with Crippen LogP contribution in [-0.4, -0.2) is 36.5 Å². The van der Waals surface area contributed by atoms with Gasteiger partial charge >= 0.3 is 5.97 Å². The van der Waals surface area contributed by atoms with E-state index in [1.807, 2.05) is 0 Å². The highest BCUT2D eigenvalue weighted by Gasteiger charge is 2.23. The Kier molecular flexibility index (Phi) is 7.49. The van der Waals surface area contributed by atoms with Crippen LogP contribution < -0.4 is 5.32 Å². The Morgan fingerprint density at radius 3 is 2.39 bits per heavy atom. The lowest BCUT2D eigenvalue weighted by Gasteiger charge is -2.18. The highest BCUT2D eigenvalue weighted by Crippen LogP contribution is 2.25. The number of anilines is 1. The summed E-state index contributed by atoms with van der Waals surface area (Å²) in [6.45, 7) is 1.24. The van der Waals surface area contributed by atoms with Gasteiger partial charge in [-0.25, -0.2) is 17.8 Å². The van der Waals surface area contributed by atoms with Crippen LogP contribution in [0, 0.1) is 5.82 Å². The zero-order chi connectivity index (χ0) is 24.0. The summed E-state index contributed by atoms with van der Waals surface area (Å²) in [6, 6.07) is 11.9. The molecule has 8 nitrogen and oxygen atoms in total. The van der Waals surface area contributed by atoms with E-state index in [2.05, 4.69) is 15.3 Å². The molecule has 172 valence electrons. The summed E-state index contributed by atoms with van der Waals surface area (Å²) in [5, 5.41) is 2.68. The molecule has 0 aliphatic carbocycles. The number of nitrogens with zero attached hydrogens (tertiary/aromatic N) is 2. The van der Waals surface area contributed by atoms with Gasteiger partial charge in [0.2, 0.25) is 5.91 Å². The molecule has 0 saturated heterocycles. The largest absolute Gasteiger partial charge is 0.459 e. The van der Waals surface area contributed by atoms with Gasteiger partial charge < -0.3 is 10.1 Å². The van der Waals surface area contributed by atoms with Gasteiger partial charge in [-0.3, -0.25) is 14.6 Å². The van der Waals surface area contributed by atoms with E-state index in [9.17, 15) is 22.4 Å². The second kappa shape index (κ2) is 10.3. The quantitative estimate of drug-likeness (QED) is 0.502. The first-order valence-electron chi connectivity index (χ1n) is 9.91. The molecule has 1 aromatic heterocycles. The Hall–Kier alpha value is -3.66. The summed E-state index contributed by atoms with van der Waals surface area (Å²) in [7, 11) is -3.39. The number of esters is 1. The number of sulfone groups is 1. The highest BCUT2D eigenvalue weighted by atomic mass is 32.2. The molecule has 33 heavy (non-hydrogen) atoms. The number of hydrogen-bond donors (Lipinski definition) is 1. The average Bonchev–Trinajstić information content (AvgIpc) is 2.76. The molecule has 3 rings (SSSR count). The average molecular weight is 472 g/mol. The van der Waals surface area contributed by atoms with Gasteiger partial charge in [0.1, 0.15) is 12.4 Å². The summed E-state index contributed by atoms with van der Waals surface area (Å²) < 4.78 is 42.1. The zero-order valence-corrected chi connectivity index (χ0v) is 18.8. The van der Waals surface area contributed by atoms with Crippen LogP contribution in [0.4, 0.5) is 10.2 Å². The van der Waals surface area contributed by atoms with E-state index in [4.69, 9.17) is 4.74 Å². The van der Waals surface area contributed by atoms with Crippen LogP contribution in [0.2, 0.25) is 0 Å². The predicted molar refractivity (Wildman–Crippen MR) is 119 cm³/mol. The molecule has 0 aliphatic heterocycles. The maximum absolute atomic E-state index is 13.7. The van der Waals surface area contributed by atoms with Crippen LogP contribution >= 0.6 is 0 Å². The van der Waals surface area contributed by atoms with Crippen molar-refractivity contribution in [2.24, 2.45) is 0 Å². The van der Waals surface area contributed by atoms with Gasteiger partial charge in [0.15, 0.2) is 15.7 Å². The van der Waals surface area contributed by atoms with E-state index >= 15 is 0 Å². The highest BCUT2D eigenvalue weighted by molar-refractivity contribution is 7.90. The molecular weight excluding hydrogens is 449 g/mol. The summed E-state index contributed by atoms with van der Waals surface area (Å²) >= 11 is 0. The van der Waals surface area contributed by atoms with Crippen LogP contribution in [-0.2, 0) is 37.2 Å². The van der Waals surface area contributed by atoms with E-state index in [0.29, 0.717) is 16.8 Å². The van der Waals surface area contributed by atoms with Crippen LogP contribution in [0.15, 0.2) is 65.8 Å². The molecule has 2 aromatic carbocycles. The second-order valence-electron chi connectivity index (χ2n) is 7.39. The van der Waals surface area contributed by atoms with Crippen LogP contribution in [0.25, 0.3) is 0 Å². The normalized spacial score (nSPS) is 12.1. The molecule has 0 spiro atoms. The third-order valence-corrected chi connectivity index (χ3v) is 5.86. The van der Waals surface area contributed by atoms with Crippen molar-refractivity contribution in [1.82, 2.24) is 9.97 Å². The summed E-state index contributed by atoms with van der Waals surface area (Å²) in [5.41, 5.74) is 1.57. The second-order valence-corrected chi connectivity index (χ2v) is 9.41. The molecule has 0 aliphatic rings. The molecular formula is C23H22FN3O5S. The maximum atomic E-state index is 13.7. The molecule has 1 amide bonds. The predicted octanol–water partition coefficient (Wildman–Crippen LogP) is 3.05. The van der Waals surface area contributed by atoms with Crippen LogP contribution in [0.3, 0.4) is 0 Å². The van der Waals surface area contributed by atoms with Crippen molar-refractivity contribution >= 4 is 27.5 Å². The Bertz CT molecular complexity index is 1250. The van der Waals surface area contributed by atoms with Gasteiger partial charge in [0, 0.05) is 13.2 Å². The fraction of sp³-hybridized carbons (Fsp3) is 0.217. The van der Waals surface area contributed by atoms with Crippen molar-refractivity contribution in [2.75, 3.05) is 11.6 Å². The van der Waals surface area contributed by atoms with Crippen molar-refractivity contribution in [3.05, 3.63) is 83.6 Å². The fourth-order valence-corrected chi connectivity index (χ4v) is 3.72. The van der Waals surface area contributed by atoms with Gasteiger partial charge in [-0.2, -0.15) is 0 Å². The van der Waals surface area contributed by atoms with E-state index in [1.165, 1.54) is 43.6 Å². The Morgan fingerprint density at radius 2 is 1.82 bits per heavy atom. The van der Waals surface area contributed by atoms with Crippen LogP contribution in [0.1, 0.15) is 29.7 Å². The zero-order valence-electron chi connectivity index (χ0n) is 18.0. The minimum Gasteiger partial charge on any atom is -0.459 e. The van der Waals surface area contributed by atoms with Gasteiger partial charge in [0.05, 0.1) is 28.9 Å². The molecule has 1 unspecified atom stereocenters. The first-order chi connectivity index (χ1) is 15.6. The number of hydrogen-bond acceptors (Lipinski definition) is 7. The van der Waals surface area contributed by atoms with Gasteiger partial charge in [-0.15, -0.1) is 0 Å². The smallest absolute Gasteiger partial charge is 0.303 e. The fourth-order valence-electron chi connectivity index (χ4n) is 3.09. The maximum Gasteiger partial charge on any atom is 0.303 e. The number of nitrogens with one attached hydrogen (secondary N) is 1. The molecule has 0 fully saturated rings. The Labute approximate surface area is 190 Å². The van der Waals surface area contributed by atoms with E-state index < -0.39 is 33.4 Å². The number of amides is 1. The Balaban J connectivity index is 1.83. The molecule has 1 N–H and O–H groups in total. The van der Waals surface area contributed by atoms with Gasteiger partial charge in [-0.05, 0) is 41.8 Å². The van der Waals surface area contributed by atoms with Gasteiger partial charge in [-0.1, -0.05) is 24.3 Å².